The Hall–Kier alpha value is -0.580. The van der Waals surface area contributed by atoms with E-state index < -0.39 is 0 Å². The van der Waals surface area contributed by atoms with Crippen LogP contribution in [0.15, 0.2) is 22.7 Å². The molecule has 102 valence electrons. The van der Waals surface area contributed by atoms with E-state index in [1.165, 1.54) is 5.56 Å². The third-order valence-corrected chi connectivity index (χ3v) is 3.67. The first kappa shape index (κ1) is 15.5. The number of halogens is 1. The molecule has 0 atom stereocenters. The van der Waals surface area contributed by atoms with Crippen molar-refractivity contribution in [3.8, 4) is 5.75 Å². The van der Waals surface area contributed by atoms with Gasteiger partial charge in [-0.05, 0) is 40.7 Å². The average Bonchev–Trinajstić information content (AvgIpc) is 2.34. The Morgan fingerprint density at radius 2 is 2.00 bits per heavy atom. The van der Waals surface area contributed by atoms with E-state index in [4.69, 9.17) is 4.74 Å². The fourth-order valence-electron chi connectivity index (χ4n) is 1.80. The van der Waals surface area contributed by atoms with Crippen LogP contribution in [-0.4, -0.2) is 33.8 Å². The number of ether oxygens (including phenoxy) is 1. The highest BCUT2D eigenvalue weighted by molar-refractivity contribution is 9.10. The summed E-state index contributed by atoms with van der Waals surface area (Å²) in [6.07, 6.45) is 0. The van der Waals surface area contributed by atoms with Crippen molar-refractivity contribution in [3.63, 3.8) is 0 Å². The second-order valence-electron chi connectivity index (χ2n) is 5.01. The number of rotatable bonds is 7. The van der Waals surface area contributed by atoms with Crippen LogP contribution in [0.5, 0.6) is 5.75 Å². The van der Waals surface area contributed by atoms with E-state index in [2.05, 4.69) is 52.5 Å². The lowest BCUT2D eigenvalue weighted by molar-refractivity contribution is 0.410. The van der Waals surface area contributed by atoms with E-state index >= 15 is 0 Å². The van der Waals surface area contributed by atoms with E-state index in [0.29, 0.717) is 0 Å². The van der Waals surface area contributed by atoms with Crippen LogP contribution >= 0.6 is 15.9 Å². The molecule has 0 fully saturated rings. The maximum atomic E-state index is 5.25. The zero-order valence-electron chi connectivity index (χ0n) is 11.6. The molecule has 0 aliphatic heterocycles. The predicted octanol–water partition coefficient (Wildman–Crippen LogP) is 2.54. The molecule has 0 unspecified atom stereocenters. The minimum absolute atomic E-state index is 0.0997. The average molecular weight is 315 g/mol. The monoisotopic (exact) mass is 314 g/mol. The highest BCUT2D eigenvalue weighted by atomic mass is 79.9. The first-order valence-corrected chi connectivity index (χ1v) is 7.00. The highest BCUT2D eigenvalue weighted by Gasteiger charge is 2.20. The minimum Gasteiger partial charge on any atom is -0.496 e. The van der Waals surface area contributed by atoms with Crippen molar-refractivity contribution in [2.24, 2.45) is 0 Å². The van der Waals surface area contributed by atoms with E-state index in [1.807, 2.05) is 13.1 Å². The fourth-order valence-corrected chi connectivity index (χ4v) is 2.34. The van der Waals surface area contributed by atoms with Crippen LogP contribution in [-0.2, 0) is 5.41 Å². The van der Waals surface area contributed by atoms with Crippen molar-refractivity contribution in [3.05, 3.63) is 28.2 Å². The number of hydrogen-bond acceptors (Lipinski definition) is 3. The van der Waals surface area contributed by atoms with Crippen molar-refractivity contribution < 1.29 is 4.74 Å². The summed E-state index contributed by atoms with van der Waals surface area (Å²) in [5.74, 6) is 0.873. The SMILES string of the molecule is CNCCNCC(C)(C)c1ccc(OC)c(Br)c1. The van der Waals surface area contributed by atoms with Gasteiger partial charge in [-0.2, -0.15) is 0 Å². The van der Waals surface area contributed by atoms with E-state index in [9.17, 15) is 0 Å². The quantitative estimate of drug-likeness (QED) is 0.759. The molecule has 0 saturated carbocycles. The first-order valence-electron chi connectivity index (χ1n) is 6.20. The summed E-state index contributed by atoms with van der Waals surface area (Å²) in [6, 6.07) is 6.27. The largest absolute Gasteiger partial charge is 0.496 e. The molecule has 0 radical (unpaired) electrons. The Labute approximate surface area is 118 Å². The molecule has 0 spiro atoms. The topological polar surface area (TPSA) is 33.3 Å². The van der Waals surface area contributed by atoms with Gasteiger partial charge in [-0.25, -0.2) is 0 Å². The van der Waals surface area contributed by atoms with Crippen molar-refractivity contribution in [1.82, 2.24) is 10.6 Å². The van der Waals surface area contributed by atoms with Gasteiger partial charge in [0.2, 0.25) is 0 Å². The van der Waals surface area contributed by atoms with E-state index in [-0.39, 0.29) is 5.41 Å². The third kappa shape index (κ3) is 4.26. The van der Waals surface area contributed by atoms with Crippen molar-refractivity contribution in [2.45, 2.75) is 19.3 Å². The molecule has 1 aromatic rings. The number of hydrogen-bond donors (Lipinski definition) is 2. The summed E-state index contributed by atoms with van der Waals surface area (Å²) < 4.78 is 6.26. The molecule has 18 heavy (non-hydrogen) atoms. The van der Waals surface area contributed by atoms with Crippen LogP contribution in [0.2, 0.25) is 0 Å². The van der Waals surface area contributed by atoms with Crippen molar-refractivity contribution in [1.29, 1.82) is 0 Å². The predicted molar refractivity (Wildman–Crippen MR) is 80.5 cm³/mol. The van der Waals surface area contributed by atoms with Crippen LogP contribution in [0.1, 0.15) is 19.4 Å². The first-order chi connectivity index (χ1) is 8.51. The third-order valence-electron chi connectivity index (χ3n) is 3.05. The van der Waals surface area contributed by atoms with Crippen molar-refractivity contribution >= 4 is 15.9 Å². The van der Waals surface area contributed by atoms with Gasteiger partial charge in [0.15, 0.2) is 0 Å². The van der Waals surface area contributed by atoms with Gasteiger partial charge in [0.1, 0.15) is 5.75 Å². The molecular formula is C14H23BrN2O. The minimum atomic E-state index is 0.0997. The van der Waals surface area contributed by atoms with Gasteiger partial charge >= 0.3 is 0 Å². The van der Waals surface area contributed by atoms with Gasteiger partial charge < -0.3 is 15.4 Å². The van der Waals surface area contributed by atoms with Gasteiger partial charge in [0.25, 0.3) is 0 Å². The zero-order valence-corrected chi connectivity index (χ0v) is 13.2. The molecule has 0 aromatic heterocycles. The lowest BCUT2D eigenvalue weighted by Gasteiger charge is -2.26. The normalized spacial score (nSPS) is 11.6. The maximum Gasteiger partial charge on any atom is 0.133 e. The molecule has 0 aliphatic carbocycles. The number of methoxy groups -OCH3 is 1. The van der Waals surface area contributed by atoms with E-state index in [0.717, 1.165) is 29.9 Å². The summed E-state index contributed by atoms with van der Waals surface area (Å²) in [5, 5.41) is 6.60. The molecule has 0 amide bonds. The molecule has 0 saturated heterocycles. The molecule has 4 heteroatoms. The molecule has 0 bridgehead atoms. The summed E-state index contributed by atoms with van der Waals surface area (Å²) >= 11 is 3.54. The van der Waals surface area contributed by atoms with Crippen molar-refractivity contribution in [2.75, 3.05) is 33.8 Å². The molecule has 3 nitrogen and oxygen atoms in total. The van der Waals surface area contributed by atoms with E-state index in [1.54, 1.807) is 7.11 Å². The zero-order chi connectivity index (χ0) is 13.6. The second-order valence-corrected chi connectivity index (χ2v) is 5.87. The number of nitrogens with one attached hydrogen (secondary N) is 2. The molecule has 0 aliphatic rings. The highest BCUT2D eigenvalue weighted by Crippen LogP contribution is 2.31. The molecule has 2 N–H and O–H groups in total. The Kier molecular flexibility index (Phi) is 6.12. The Morgan fingerprint density at radius 1 is 1.28 bits per heavy atom. The summed E-state index contributed by atoms with van der Waals surface area (Å²) in [6.45, 7) is 7.41. The number of benzene rings is 1. The Bertz CT molecular complexity index is 380. The fraction of sp³-hybridized carbons (Fsp3) is 0.571. The summed E-state index contributed by atoms with van der Waals surface area (Å²) in [7, 11) is 3.65. The molecule has 0 heterocycles. The molecule has 1 aromatic carbocycles. The van der Waals surface area contributed by atoms with Gasteiger partial charge in [0.05, 0.1) is 11.6 Å². The standard InChI is InChI=1S/C14H23BrN2O/c1-14(2,10-17-8-7-16-3)11-5-6-13(18-4)12(15)9-11/h5-6,9,16-17H,7-8,10H2,1-4H3. The smallest absolute Gasteiger partial charge is 0.133 e. The van der Waals surface area contributed by atoms with Crippen LogP contribution < -0.4 is 15.4 Å². The second kappa shape index (κ2) is 7.12. The Morgan fingerprint density at radius 3 is 2.56 bits per heavy atom. The lowest BCUT2D eigenvalue weighted by atomic mass is 9.84. The van der Waals surface area contributed by atoms with Gasteiger partial charge in [-0.1, -0.05) is 19.9 Å². The van der Waals surface area contributed by atoms with Crippen LogP contribution in [0.3, 0.4) is 0 Å². The van der Waals surface area contributed by atoms with Crippen LogP contribution in [0.4, 0.5) is 0 Å². The lowest BCUT2D eigenvalue weighted by Crippen LogP contribution is -2.36. The van der Waals surface area contributed by atoms with Gasteiger partial charge in [-0.15, -0.1) is 0 Å². The maximum absolute atomic E-state index is 5.25. The number of likely N-dealkylation sites (N-methyl/N-ethyl adjacent to an activating group) is 1. The van der Waals surface area contributed by atoms with Crippen LogP contribution in [0.25, 0.3) is 0 Å². The Balaban J connectivity index is 2.69. The van der Waals surface area contributed by atoms with Gasteiger partial charge in [-0.3, -0.25) is 0 Å². The van der Waals surface area contributed by atoms with Gasteiger partial charge in [0, 0.05) is 25.0 Å². The molecular weight excluding hydrogens is 292 g/mol. The summed E-state index contributed by atoms with van der Waals surface area (Å²) in [4.78, 5) is 0. The summed E-state index contributed by atoms with van der Waals surface area (Å²) in [5.41, 5.74) is 1.40. The molecule has 1 rings (SSSR count). The van der Waals surface area contributed by atoms with Crippen LogP contribution in [0, 0.1) is 0 Å².